The maximum absolute atomic E-state index is 3.84. The van der Waals surface area contributed by atoms with Crippen molar-refractivity contribution in [2.45, 2.75) is 12.8 Å². The molecule has 0 radical (unpaired) electrons. The van der Waals surface area contributed by atoms with Crippen LogP contribution in [0, 0.1) is 0 Å². The molecule has 0 amide bonds. The molecule has 0 fully saturated rings. The molecule has 0 aromatic carbocycles. The van der Waals surface area contributed by atoms with Crippen molar-refractivity contribution in [3.63, 3.8) is 0 Å². The summed E-state index contributed by atoms with van der Waals surface area (Å²) in [5.74, 6) is 0. The zero-order valence-corrected chi connectivity index (χ0v) is 6.40. The highest BCUT2D eigenvalue weighted by Gasteiger charge is 1.93. The maximum Gasteiger partial charge on any atom is -0.0103 e. The number of allylic oxidation sites excluding steroid dienone is 4. The second-order valence-electron chi connectivity index (χ2n) is 2.19. The van der Waals surface area contributed by atoms with Gasteiger partial charge >= 0.3 is 0 Å². The summed E-state index contributed by atoms with van der Waals surface area (Å²) < 4.78 is 0. The van der Waals surface area contributed by atoms with Crippen molar-refractivity contribution < 1.29 is 0 Å². The topological polar surface area (TPSA) is 0 Å². The van der Waals surface area contributed by atoms with Crippen molar-refractivity contribution in [2.75, 3.05) is 0 Å². The molecule has 0 nitrogen and oxygen atoms in total. The van der Waals surface area contributed by atoms with Crippen molar-refractivity contribution in [1.29, 1.82) is 0 Å². The summed E-state index contributed by atoms with van der Waals surface area (Å²) in [6.07, 6.45) is 5.31. The predicted octanol–water partition coefficient (Wildman–Crippen LogP) is 3.25. The molecule has 0 heteroatoms. The van der Waals surface area contributed by atoms with Crippen molar-refractivity contribution in [3.8, 4) is 0 Å². The van der Waals surface area contributed by atoms with Crippen LogP contribution >= 0.6 is 0 Å². The van der Waals surface area contributed by atoms with Gasteiger partial charge in [-0.2, -0.15) is 0 Å². The Kier molecular flexibility index (Phi) is 4.30. The highest BCUT2D eigenvalue weighted by Crippen LogP contribution is 2.13. The van der Waals surface area contributed by atoms with Crippen molar-refractivity contribution >= 4 is 0 Å². The highest BCUT2D eigenvalue weighted by molar-refractivity contribution is 5.28. The molecule has 0 aromatic heterocycles. The van der Waals surface area contributed by atoms with Gasteiger partial charge in [0.25, 0.3) is 0 Å². The smallest absolute Gasteiger partial charge is 0.0103 e. The summed E-state index contributed by atoms with van der Waals surface area (Å²) >= 11 is 0. The van der Waals surface area contributed by atoms with E-state index in [0.717, 1.165) is 24.0 Å². The Hall–Kier alpha value is -1.04. The zero-order valence-electron chi connectivity index (χ0n) is 6.40. The van der Waals surface area contributed by atoms with E-state index in [1.54, 1.807) is 0 Å². The standard InChI is InChI=1S/C10H14/c1-5-7-9(3)10(4)8-6-2/h5-6H,1-4,7-8H2. The lowest BCUT2D eigenvalue weighted by Gasteiger charge is -2.02. The van der Waals surface area contributed by atoms with E-state index >= 15 is 0 Å². The maximum atomic E-state index is 3.84. The van der Waals surface area contributed by atoms with Crippen LogP contribution in [0.3, 0.4) is 0 Å². The molecule has 0 aromatic rings. The van der Waals surface area contributed by atoms with E-state index in [2.05, 4.69) is 26.3 Å². The Labute approximate surface area is 63.3 Å². The summed E-state index contributed by atoms with van der Waals surface area (Å²) in [6, 6.07) is 0. The lowest BCUT2D eigenvalue weighted by atomic mass is 10.0. The van der Waals surface area contributed by atoms with E-state index in [1.165, 1.54) is 0 Å². The highest BCUT2D eigenvalue weighted by atomic mass is 14.0. The molecule has 0 aliphatic rings. The molecule has 0 unspecified atom stereocenters. The molecule has 0 bridgehead atoms. The SMILES string of the molecule is C=CCC(=C)C(=C)CC=C. The second kappa shape index (κ2) is 4.80. The molecule has 0 heterocycles. The van der Waals surface area contributed by atoms with E-state index in [-0.39, 0.29) is 0 Å². The summed E-state index contributed by atoms with van der Waals surface area (Å²) in [4.78, 5) is 0. The summed E-state index contributed by atoms with van der Waals surface area (Å²) in [7, 11) is 0. The van der Waals surface area contributed by atoms with Crippen LogP contribution < -0.4 is 0 Å². The second-order valence-corrected chi connectivity index (χ2v) is 2.19. The molecular formula is C10H14. The third-order valence-electron chi connectivity index (χ3n) is 1.28. The van der Waals surface area contributed by atoms with Crippen LogP contribution in [0.15, 0.2) is 49.6 Å². The van der Waals surface area contributed by atoms with Gasteiger partial charge in [-0.15, -0.1) is 13.2 Å². The Morgan fingerprint density at radius 1 is 0.900 bits per heavy atom. The number of rotatable bonds is 5. The van der Waals surface area contributed by atoms with Crippen molar-refractivity contribution in [2.24, 2.45) is 0 Å². The van der Waals surface area contributed by atoms with Gasteiger partial charge in [-0.25, -0.2) is 0 Å². The van der Waals surface area contributed by atoms with Crippen LogP contribution in [0.5, 0.6) is 0 Å². The average Bonchev–Trinajstić information content (AvgIpc) is 1.89. The van der Waals surface area contributed by atoms with Gasteiger partial charge in [-0.1, -0.05) is 25.3 Å². The van der Waals surface area contributed by atoms with E-state index in [4.69, 9.17) is 0 Å². The van der Waals surface area contributed by atoms with E-state index in [1.807, 2.05) is 12.2 Å². The normalized spacial score (nSPS) is 8.40. The van der Waals surface area contributed by atoms with Crippen LogP contribution in [0.4, 0.5) is 0 Å². The molecule has 0 spiro atoms. The number of hydrogen-bond donors (Lipinski definition) is 0. The minimum Gasteiger partial charge on any atom is -0.103 e. The van der Waals surface area contributed by atoms with Gasteiger partial charge < -0.3 is 0 Å². The zero-order chi connectivity index (χ0) is 7.98. The Bertz CT molecular complexity index is 141. The van der Waals surface area contributed by atoms with Gasteiger partial charge in [0.2, 0.25) is 0 Å². The van der Waals surface area contributed by atoms with Crippen LogP contribution in [0.25, 0.3) is 0 Å². The molecular weight excluding hydrogens is 120 g/mol. The fourth-order valence-corrected chi connectivity index (χ4v) is 0.637. The molecule has 0 N–H and O–H groups in total. The van der Waals surface area contributed by atoms with E-state index < -0.39 is 0 Å². The molecule has 0 saturated carbocycles. The first-order valence-electron chi connectivity index (χ1n) is 3.30. The van der Waals surface area contributed by atoms with Gasteiger partial charge in [0.1, 0.15) is 0 Å². The van der Waals surface area contributed by atoms with Gasteiger partial charge in [-0.3, -0.25) is 0 Å². The lowest BCUT2D eigenvalue weighted by molar-refractivity contribution is 1.16. The largest absolute Gasteiger partial charge is 0.103 e. The quantitative estimate of drug-likeness (QED) is 0.400. The minimum atomic E-state index is 0.826. The van der Waals surface area contributed by atoms with Crippen molar-refractivity contribution in [1.82, 2.24) is 0 Å². The van der Waals surface area contributed by atoms with E-state index in [0.29, 0.717) is 0 Å². The molecule has 0 rings (SSSR count). The Balaban J connectivity index is 3.81. The number of hydrogen-bond acceptors (Lipinski definition) is 0. The van der Waals surface area contributed by atoms with Gasteiger partial charge in [0, 0.05) is 0 Å². The van der Waals surface area contributed by atoms with Gasteiger partial charge in [-0.05, 0) is 24.0 Å². The summed E-state index contributed by atoms with van der Waals surface area (Å²) in [5, 5.41) is 0. The van der Waals surface area contributed by atoms with Crippen LogP contribution in [-0.2, 0) is 0 Å². The third kappa shape index (κ3) is 3.08. The first kappa shape index (κ1) is 8.96. The van der Waals surface area contributed by atoms with Crippen molar-refractivity contribution in [3.05, 3.63) is 49.6 Å². The first-order valence-corrected chi connectivity index (χ1v) is 3.30. The van der Waals surface area contributed by atoms with Crippen LogP contribution in [0.2, 0.25) is 0 Å². The van der Waals surface area contributed by atoms with E-state index in [9.17, 15) is 0 Å². The van der Waals surface area contributed by atoms with Gasteiger partial charge in [0.15, 0.2) is 0 Å². The lowest BCUT2D eigenvalue weighted by Crippen LogP contribution is -1.82. The Morgan fingerprint density at radius 3 is 1.40 bits per heavy atom. The first-order chi connectivity index (χ1) is 4.72. The van der Waals surface area contributed by atoms with Crippen LogP contribution in [-0.4, -0.2) is 0 Å². The molecule has 0 atom stereocenters. The van der Waals surface area contributed by atoms with Gasteiger partial charge in [0.05, 0.1) is 0 Å². The fraction of sp³-hybridized carbons (Fsp3) is 0.200. The van der Waals surface area contributed by atoms with Crippen LogP contribution in [0.1, 0.15) is 12.8 Å². The average molecular weight is 134 g/mol. The molecule has 0 saturated heterocycles. The Morgan fingerprint density at radius 2 is 1.20 bits per heavy atom. The monoisotopic (exact) mass is 134 g/mol. The predicted molar refractivity (Wildman–Crippen MR) is 47.9 cm³/mol. The molecule has 10 heavy (non-hydrogen) atoms. The summed E-state index contributed by atoms with van der Waals surface area (Å²) in [6.45, 7) is 14.9. The molecule has 0 aliphatic heterocycles. The molecule has 54 valence electrons. The third-order valence-corrected chi connectivity index (χ3v) is 1.28. The fourth-order valence-electron chi connectivity index (χ4n) is 0.637. The molecule has 0 aliphatic carbocycles. The summed E-state index contributed by atoms with van der Waals surface area (Å²) in [5.41, 5.74) is 2.10. The minimum absolute atomic E-state index is 0.826.